The molecule has 4 rings (SSSR count). The van der Waals surface area contributed by atoms with Crippen LogP contribution in [0.5, 0.6) is 11.5 Å². The van der Waals surface area contributed by atoms with Gasteiger partial charge in [0.25, 0.3) is 5.91 Å². The summed E-state index contributed by atoms with van der Waals surface area (Å²) in [5.74, 6) is 1.61. The third-order valence-electron chi connectivity index (χ3n) is 5.53. The maximum atomic E-state index is 13.1. The minimum absolute atomic E-state index is 0.0143. The number of amides is 1. The molecule has 0 bridgehead atoms. The Morgan fingerprint density at radius 3 is 2.33 bits per heavy atom. The average Bonchev–Trinajstić information content (AvgIpc) is 2.74. The number of nitrogens with zero attached hydrogens (tertiary/aromatic N) is 2. The number of methoxy groups -OCH3 is 2. The average molecular weight is 364 g/mol. The highest BCUT2D eigenvalue weighted by molar-refractivity contribution is 6.11. The molecular weight excluding hydrogens is 340 g/mol. The lowest BCUT2D eigenvalue weighted by Crippen LogP contribution is -2.46. The summed E-state index contributed by atoms with van der Waals surface area (Å²) < 4.78 is 10.8. The molecule has 1 fully saturated rings. The second kappa shape index (κ2) is 7.43. The van der Waals surface area contributed by atoms with Crippen molar-refractivity contribution in [2.24, 2.45) is 16.9 Å². The largest absolute Gasteiger partial charge is 0.493 e. The molecule has 2 aromatic rings. The minimum Gasteiger partial charge on any atom is -0.493 e. The molecule has 0 unspecified atom stereocenters. The topological polar surface area (TPSA) is 51.1 Å². The van der Waals surface area contributed by atoms with E-state index in [0.29, 0.717) is 11.5 Å². The normalized spacial score (nSPS) is 22.1. The van der Waals surface area contributed by atoms with Crippen molar-refractivity contribution in [3.63, 3.8) is 0 Å². The van der Waals surface area contributed by atoms with Gasteiger partial charge >= 0.3 is 0 Å². The van der Waals surface area contributed by atoms with Crippen LogP contribution in [0, 0.1) is 11.8 Å². The molecule has 0 saturated heterocycles. The van der Waals surface area contributed by atoms with E-state index in [4.69, 9.17) is 14.6 Å². The molecule has 1 aliphatic carbocycles. The molecule has 1 amide bonds. The molecular formula is C22H24N2O3. The highest BCUT2D eigenvalue weighted by Gasteiger charge is 2.41. The molecule has 27 heavy (non-hydrogen) atoms. The zero-order chi connectivity index (χ0) is 18.8. The molecule has 0 radical (unpaired) electrons. The number of rotatable bonds is 4. The zero-order valence-electron chi connectivity index (χ0n) is 15.7. The van der Waals surface area contributed by atoms with Gasteiger partial charge in [0.1, 0.15) is 0 Å². The predicted molar refractivity (Wildman–Crippen MR) is 105 cm³/mol. The zero-order valence-corrected chi connectivity index (χ0v) is 15.7. The van der Waals surface area contributed by atoms with Crippen molar-refractivity contribution in [3.8, 4) is 11.5 Å². The Balaban J connectivity index is 1.81. The summed E-state index contributed by atoms with van der Waals surface area (Å²) in [5, 5.41) is 6.40. The second-order valence-corrected chi connectivity index (χ2v) is 7.04. The SMILES string of the molecule is COc1ccc(C2=NN(c3ccccc3)C(=O)[C@@H]3CCCC[C@H]23)cc1OC. The Hall–Kier alpha value is -2.82. The number of para-hydroxylation sites is 1. The summed E-state index contributed by atoms with van der Waals surface area (Å²) in [4.78, 5) is 13.1. The molecule has 5 heteroatoms. The van der Waals surface area contributed by atoms with Crippen LogP contribution in [-0.4, -0.2) is 25.8 Å². The highest BCUT2D eigenvalue weighted by atomic mass is 16.5. The van der Waals surface area contributed by atoms with Crippen molar-refractivity contribution in [3.05, 3.63) is 54.1 Å². The minimum atomic E-state index is -0.0143. The van der Waals surface area contributed by atoms with Gasteiger partial charge in [0.2, 0.25) is 0 Å². The van der Waals surface area contributed by atoms with Gasteiger partial charge in [-0.05, 0) is 43.2 Å². The van der Waals surface area contributed by atoms with Gasteiger partial charge in [0, 0.05) is 17.4 Å². The summed E-state index contributed by atoms with van der Waals surface area (Å²) in [6.07, 6.45) is 4.13. The molecule has 1 saturated carbocycles. The number of benzene rings is 2. The van der Waals surface area contributed by atoms with Crippen LogP contribution in [-0.2, 0) is 4.79 Å². The Labute approximate surface area is 159 Å². The number of fused-ring (bicyclic) bond motifs is 1. The van der Waals surface area contributed by atoms with Crippen LogP contribution in [0.1, 0.15) is 31.2 Å². The number of hydrazone groups is 1. The Morgan fingerprint density at radius 1 is 0.926 bits per heavy atom. The van der Waals surface area contributed by atoms with E-state index in [1.165, 1.54) is 0 Å². The Morgan fingerprint density at radius 2 is 1.63 bits per heavy atom. The molecule has 1 aliphatic heterocycles. The van der Waals surface area contributed by atoms with Crippen molar-refractivity contribution in [1.82, 2.24) is 0 Å². The number of carbonyl (C=O) groups excluding carboxylic acids is 1. The van der Waals surface area contributed by atoms with E-state index in [2.05, 4.69) is 0 Å². The van der Waals surface area contributed by atoms with E-state index < -0.39 is 0 Å². The van der Waals surface area contributed by atoms with Crippen LogP contribution in [0.25, 0.3) is 0 Å². The van der Waals surface area contributed by atoms with Crippen LogP contribution in [0.4, 0.5) is 5.69 Å². The van der Waals surface area contributed by atoms with E-state index in [0.717, 1.165) is 42.6 Å². The molecule has 2 aliphatic rings. The van der Waals surface area contributed by atoms with Crippen LogP contribution < -0.4 is 14.5 Å². The van der Waals surface area contributed by atoms with E-state index in [-0.39, 0.29) is 17.7 Å². The maximum absolute atomic E-state index is 13.1. The maximum Gasteiger partial charge on any atom is 0.251 e. The fourth-order valence-corrected chi connectivity index (χ4v) is 4.16. The predicted octanol–water partition coefficient (Wildman–Crippen LogP) is 4.26. The van der Waals surface area contributed by atoms with Gasteiger partial charge < -0.3 is 9.47 Å². The van der Waals surface area contributed by atoms with Gasteiger partial charge in [-0.2, -0.15) is 5.10 Å². The molecule has 0 spiro atoms. The third kappa shape index (κ3) is 3.18. The molecule has 2 atom stereocenters. The first-order valence-corrected chi connectivity index (χ1v) is 9.43. The molecule has 0 N–H and O–H groups in total. The van der Waals surface area contributed by atoms with Gasteiger partial charge in [-0.3, -0.25) is 4.79 Å². The molecule has 2 aromatic carbocycles. The molecule has 140 valence electrons. The standard InChI is InChI=1S/C22H24N2O3/c1-26-19-13-12-15(14-20(19)27-2)21-17-10-6-7-11-18(17)22(25)24(23-21)16-8-4-3-5-9-16/h3-5,8-9,12-14,17-18H,6-7,10-11H2,1-2H3/t17-,18+/m0/s1. The number of hydrogen-bond acceptors (Lipinski definition) is 4. The fraction of sp³-hybridized carbons (Fsp3) is 0.364. The smallest absolute Gasteiger partial charge is 0.251 e. The van der Waals surface area contributed by atoms with Crippen LogP contribution >= 0.6 is 0 Å². The van der Waals surface area contributed by atoms with Crippen LogP contribution in [0.3, 0.4) is 0 Å². The molecule has 5 nitrogen and oxygen atoms in total. The summed E-state index contributed by atoms with van der Waals surface area (Å²) in [7, 11) is 3.26. The summed E-state index contributed by atoms with van der Waals surface area (Å²) >= 11 is 0. The molecule has 0 aromatic heterocycles. The lowest BCUT2D eigenvalue weighted by atomic mass is 9.73. The number of carbonyl (C=O) groups is 1. The third-order valence-corrected chi connectivity index (χ3v) is 5.53. The van der Waals surface area contributed by atoms with E-state index in [1.54, 1.807) is 19.2 Å². The summed E-state index contributed by atoms with van der Waals surface area (Å²) in [6, 6.07) is 15.5. The van der Waals surface area contributed by atoms with Gasteiger partial charge in [0.05, 0.1) is 25.6 Å². The Kier molecular flexibility index (Phi) is 4.84. The van der Waals surface area contributed by atoms with Crippen molar-refractivity contribution in [1.29, 1.82) is 0 Å². The first kappa shape index (κ1) is 17.6. The molecule has 1 heterocycles. The van der Waals surface area contributed by atoms with Crippen molar-refractivity contribution in [2.75, 3.05) is 19.2 Å². The van der Waals surface area contributed by atoms with Gasteiger partial charge in [-0.15, -0.1) is 0 Å². The van der Waals surface area contributed by atoms with Gasteiger partial charge in [0.15, 0.2) is 11.5 Å². The van der Waals surface area contributed by atoms with Crippen LogP contribution in [0.2, 0.25) is 0 Å². The van der Waals surface area contributed by atoms with E-state index in [9.17, 15) is 4.79 Å². The van der Waals surface area contributed by atoms with Crippen LogP contribution in [0.15, 0.2) is 53.6 Å². The first-order chi connectivity index (χ1) is 13.2. The summed E-state index contributed by atoms with van der Waals surface area (Å²) in [6.45, 7) is 0. The second-order valence-electron chi connectivity index (χ2n) is 7.04. The van der Waals surface area contributed by atoms with E-state index in [1.807, 2.05) is 48.5 Å². The van der Waals surface area contributed by atoms with Crippen molar-refractivity contribution >= 4 is 17.3 Å². The Bertz CT molecular complexity index is 863. The number of anilines is 1. The summed E-state index contributed by atoms with van der Waals surface area (Å²) in [5.41, 5.74) is 2.76. The van der Waals surface area contributed by atoms with Gasteiger partial charge in [-0.1, -0.05) is 31.0 Å². The first-order valence-electron chi connectivity index (χ1n) is 9.43. The lowest BCUT2D eigenvalue weighted by molar-refractivity contribution is -0.124. The number of hydrogen-bond donors (Lipinski definition) is 0. The van der Waals surface area contributed by atoms with Gasteiger partial charge in [-0.25, -0.2) is 5.01 Å². The van der Waals surface area contributed by atoms with E-state index >= 15 is 0 Å². The fourth-order valence-electron chi connectivity index (χ4n) is 4.16. The monoisotopic (exact) mass is 364 g/mol. The highest BCUT2D eigenvalue weighted by Crippen LogP contribution is 2.40. The quantitative estimate of drug-likeness (QED) is 0.814. The van der Waals surface area contributed by atoms with Crippen molar-refractivity contribution in [2.45, 2.75) is 25.7 Å². The lowest BCUT2D eigenvalue weighted by Gasteiger charge is -2.38. The number of ether oxygens (including phenoxy) is 2. The van der Waals surface area contributed by atoms with Crippen molar-refractivity contribution < 1.29 is 14.3 Å².